The Bertz CT molecular complexity index is 736. The number of Topliss-reactive ketones (excluding diaryl/α,β-unsaturated/α-hetero) is 1. The Morgan fingerprint density at radius 2 is 1.71 bits per heavy atom. The van der Waals surface area contributed by atoms with Gasteiger partial charge >= 0.3 is 0 Å². The van der Waals surface area contributed by atoms with E-state index >= 15 is 0 Å². The van der Waals surface area contributed by atoms with Gasteiger partial charge in [0.05, 0.1) is 6.54 Å². The van der Waals surface area contributed by atoms with Crippen LogP contribution in [0.15, 0.2) is 42.5 Å². The van der Waals surface area contributed by atoms with Gasteiger partial charge in [0.15, 0.2) is 5.78 Å². The average Bonchev–Trinajstić information content (AvgIpc) is 2.50. The summed E-state index contributed by atoms with van der Waals surface area (Å²) in [7, 11) is 1.93. The molecule has 0 bridgehead atoms. The number of amides is 1. The number of anilines is 1. The molecular weight excluding hydrogens is 300 g/mol. The van der Waals surface area contributed by atoms with Gasteiger partial charge in [0.1, 0.15) is 0 Å². The highest BCUT2D eigenvalue weighted by Gasteiger charge is 2.09. The third kappa shape index (κ3) is 5.03. The summed E-state index contributed by atoms with van der Waals surface area (Å²) >= 11 is 0. The van der Waals surface area contributed by atoms with Crippen molar-refractivity contribution in [2.45, 2.75) is 27.3 Å². The van der Waals surface area contributed by atoms with Crippen molar-refractivity contribution < 1.29 is 9.59 Å². The maximum atomic E-state index is 12.2. The van der Waals surface area contributed by atoms with Gasteiger partial charge in [-0.2, -0.15) is 0 Å². The molecule has 0 saturated carbocycles. The van der Waals surface area contributed by atoms with Gasteiger partial charge < -0.3 is 5.32 Å². The molecule has 0 radical (unpaired) electrons. The molecule has 2 rings (SSSR count). The van der Waals surface area contributed by atoms with Crippen molar-refractivity contribution in [1.29, 1.82) is 0 Å². The lowest BCUT2D eigenvalue weighted by molar-refractivity contribution is -0.117. The topological polar surface area (TPSA) is 49.4 Å². The van der Waals surface area contributed by atoms with Crippen molar-refractivity contribution in [3.63, 3.8) is 0 Å². The molecule has 4 heteroatoms. The third-order valence-electron chi connectivity index (χ3n) is 3.93. The van der Waals surface area contributed by atoms with Crippen LogP contribution >= 0.6 is 0 Å². The van der Waals surface area contributed by atoms with Crippen molar-refractivity contribution in [2.24, 2.45) is 0 Å². The quantitative estimate of drug-likeness (QED) is 0.826. The molecule has 0 aliphatic heterocycles. The second-order valence-electron chi connectivity index (χ2n) is 6.28. The second kappa shape index (κ2) is 7.88. The number of ketones is 1. The number of hydrogen-bond acceptors (Lipinski definition) is 3. The van der Waals surface area contributed by atoms with E-state index in [-0.39, 0.29) is 11.7 Å². The highest BCUT2D eigenvalue weighted by atomic mass is 16.2. The molecule has 1 amide bonds. The fourth-order valence-corrected chi connectivity index (χ4v) is 2.60. The number of hydrogen-bond donors (Lipinski definition) is 1. The molecule has 24 heavy (non-hydrogen) atoms. The molecule has 2 aromatic carbocycles. The highest BCUT2D eigenvalue weighted by molar-refractivity contribution is 5.96. The van der Waals surface area contributed by atoms with E-state index in [1.165, 1.54) is 23.6 Å². The van der Waals surface area contributed by atoms with Gasteiger partial charge in [-0.15, -0.1) is 0 Å². The van der Waals surface area contributed by atoms with E-state index in [2.05, 4.69) is 37.4 Å². The van der Waals surface area contributed by atoms with Gasteiger partial charge in [-0.25, -0.2) is 0 Å². The molecule has 0 heterocycles. The summed E-state index contributed by atoms with van der Waals surface area (Å²) in [4.78, 5) is 25.4. The van der Waals surface area contributed by atoms with Crippen LogP contribution in [0.3, 0.4) is 0 Å². The van der Waals surface area contributed by atoms with Crippen LogP contribution in [-0.2, 0) is 11.3 Å². The average molecular weight is 324 g/mol. The van der Waals surface area contributed by atoms with Crippen LogP contribution in [-0.4, -0.2) is 30.2 Å². The molecule has 0 unspecified atom stereocenters. The largest absolute Gasteiger partial charge is 0.325 e. The minimum Gasteiger partial charge on any atom is -0.325 e. The van der Waals surface area contributed by atoms with E-state index in [0.717, 1.165) is 6.54 Å². The zero-order valence-corrected chi connectivity index (χ0v) is 14.7. The smallest absolute Gasteiger partial charge is 0.238 e. The Kier molecular flexibility index (Phi) is 5.88. The molecule has 4 nitrogen and oxygen atoms in total. The Morgan fingerprint density at radius 1 is 1.04 bits per heavy atom. The van der Waals surface area contributed by atoms with E-state index in [1.807, 2.05) is 11.9 Å². The third-order valence-corrected chi connectivity index (χ3v) is 3.93. The van der Waals surface area contributed by atoms with Crippen LogP contribution in [0.2, 0.25) is 0 Å². The van der Waals surface area contributed by atoms with E-state index in [1.54, 1.807) is 24.3 Å². The van der Waals surface area contributed by atoms with Crippen LogP contribution in [0.1, 0.15) is 34.0 Å². The SMILES string of the molecule is CC(=O)c1ccc(NC(=O)CN(C)Cc2ccc(C)cc2C)cc1. The maximum absolute atomic E-state index is 12.2. The Balaban J connectivity index is 1.90. The molecule has 126 valence electrons. The maximum Gasteiger partial charge on any atom is 0.238 e. The summed E-state index contributed by atoms with van der Waals surface area (Å²) in [5, 5.41) is 2.86. The van der Waals surface area contributed by atoms with Crippen molar-refractivity contribution in [3.8, 4) is 0 Å². The summed E-state index contributed by atoms with van der Waals surface area (Å²) in [5.41, 5.74) is 5.04. The van der Waals surface area contributed by atoms with Gasteiger partial charge in [0.25, 0.3) is 0 Å². The molecule has 0 aliphatic carbocycles. The van der Waals surface area contributed by atoms with Crippen LogP contribution in [0.4, 0.5) is 5.69 Å². The van der Waals surface area contributed by atoms with Crippen molar-refractivity contribution in [3.05, 3.63) is 64.7 Å². The fourth-order valence-electron chi connectivity index (χ4n) is 2.60. The predicted octanol–water partition coefficient (Wildman–Crippen LogP) is 3.58. The number of aryl methyl sites for hydroxylation is 2. The molecule has 0 saturated heterocycles. The Morgan fingerprint density at radius 3 is 2.29 bits per heavy atom. The van der Waals surface area contributed by atoms with E-state index in [4.69, 9.17) is 0 Å². The first-order chi connectivity index (χ1) is 11.3. The number of benzene rings is 2. The van der Waals surface area contributed by atoms with Gasteiger partial charge in [-0.3, -0.25) is 14.5 Å². The number of carbonyl (C=O) groups excluding carboxylic acids is 2. The van der Waals surface area contributed by atoms with Gasteiger partial charge in [-0.05, 0) is 63.2 Å². The molecule has 1 N–H and O–H groups in total. The molecular formula is C20H24N2O2. The van der Waals surface area contributed by atoms with Crippen LogP contribution in [0.25, 0.3) is 0 Å². The lowest BCUT2D eigenvalue weighted by Crippen LogP contribution is -2.30. The van der Waals surface area contributed by atoms with Crippen LogP contribution in [0.5, 0.6) is 0 Å². The fraction of sp³-hybridized carbons (Fsp3) is 0.300. The van der Waals surface area contributed by atoms with Gasteiger partial charge in [0, 0.05) is 17.8 Å². The summed E-state index contributed by atoms with van der Waals surface area (Å²) < 4.78 is 0. The Hall–Kier alpha value is -2.46. The van der Waals surface area contributed by atoms with Gasteiger partial charge in [0.2, 0.25) is 5.91 Å². The number of carbonyl (C=O) groups is 2. The van der Waals surface area contributed by atoms with Crippen LogP contribution in [0, 0.1) is 13.8 Å². The molecule has 0 atom stereocenters. The normalized spacial score (nSPS) is 10.7. The molecule has 0 aliphatic rings. The molecule has 0 fully saturated rings. The lowest BCUT2D eigenvalue weighted by Gasteiger charge is -2.18. The predicted molar refractivity (Wildman–Crippen MR) is 97.3 cm³/mol. The molecule has 2 aromatic rings. The van der Waals surface area contributed by atoms with Gasteiger partial charge in [-0.1, -0.05) is 23.8 Å². The van der Waals surface area contributed by atoms with Crippen molar-refractivity contribution in [2.75, 3.05) is 18.9 Å². The summed E-state index contributed by atoms with van der Waals surface area (Å²) in [5.74, 6) is -0.0566. The second-order valence-corrected chi connectivity index (χ2v) is 6.28. The summed E-state index contributed by atoms with van der Waals surface area (Å²) in [6.07, 6.45) is 0. The number of nitrogens with one attached hydrogen (secondary N) is 1. The molecule has 0 spiro atoms. The highest BCUT2D eigenvalue weighted by Crippen LogP contribution is 2.13. The zero-order valence-electron chi connectivity index (χ0n) is 14.7. The first kappa shape index (κ1) is 17.9. The number of rotatable bonds is 6. The van der Waals surface area contributed by atoms with Crippen molar-refractivity contribution in [1.82, 2.24) is 4.90 Å². The Labute approximate surface area is 143 Å². The number of nitrogens with zero attached hydrogens (tertiary/aromatic N) is 1. The molecule has 0 aromatic heterocycles. The summed E-state index contributed by atoms with van der Waals surface area (Å²) in [6, 6.07) is 13.3. The minimum absolute atomic E-state index is 0.0149. The van der Waals surface area contributed by atoms with E-state index in [9.17, 15) is 9.59 Å². The standard InChI is InChI=1S/C20H24N2O2/c1-14-5-6-18(15(2)11-14)12-22(4)13-20(24)21-19-9-7-17(8-10-19)16(3)23/h5-11H,12-13H2,1-4H3,(H,21,24). The van der Waals surface area contributed by atoms with Crippen LogP contribution < -0.4 is 5.32 Å². The zero-order chi connectivity index (χ0) is 17.7. The monoisotopic (exact) mass is 324 g/mol. The lowest BCUT2D eigenvalue weighted by atomic mass is 10.1. The number of likely N-dealkylation sites (N-methyl/N-ethyl adjacent to an activating group) is 1. The first-order valence-electron chi connectivity index (χ1n) is 8.00. The van der Waals surface area contributed by atoms with E-state index < -0.39 is 0 Å². The minimum atomic E-state index is -0.0714. The first-order valence-corrected chi connectivity index (χ1v) is 8.00. The van der Waals surface area contributed by atoms with E-state index in [0.29, 0.717) is 17.8 Å². The van der Waals surface area contributed by atoms with Crippen molar-refractivity contribution >= 4 is 17.4 Å². The summed E-state index contributed by atoms with van der Waals surface area (Å²) in [6.45, 7) is 6.72.